The molecule has 0 amide bonds. The molecule has 3 N–H and O–H groups in total. The Hall–Kier alpha value is -0.120. The summed E-state index contributed by atoms with van der Waals surface area (Å²) in [6.07, 6.45) is 3.49. The van der Waals surface area contributed by atoms with E-state index in [2.05, 4.69) is 19.2 Å². The van der Waals surface area contributed by atoms with Gasteiger partial charge in [-0.05, 0) is 45.2 Å². The Morgan fingerprint density at radius 2 is 2.36 bits per heavy atom. The molecule has 0 spiro atoms. The Bertz CT molecular complexity index is 155. The van der Waals surface area contributed by atoms with Crippen LogP contribution in [0.3, 0.4) is 0 Å². The van der Waals surface area contributed by atoms with Gasteiger partial charge in [0.1, 0.15) is 0 Å². The molecule has 2 unspecified atom stereocenters. The normalized spacial score (nSPS) is 29.4. The van der Waals surface area contributed by atoms with Gasteiger partial charge in [-0.3, -0.25) is 0 Å². The fourth-order valence-electron chi connectivity index (χ4n) is 1.95. The predicted molar refractivity (Wildman–Crippen MR) is 59.3 cm³/mol. The molecule has 3 nitrogen and oxygen atoms in total. The maximum Gasteiger partial charge on any atom is 0.0779 e. The second kappa shape index (κ2) is 5.69. The molecule has 1 saturated heterocycles. The zero-order valence-corrected chi connectivity index (χ0v) is 9.51. The first-order valence-electron chi connectivity index (χ1n) is 5.71. The number of ether oxygens (including phenoxy) is 1. The molecule has 1 fully saturated rings. The second-order valence-electron chi connectivity index (χ2n) is 4.72. The first-order valence-corrected chi connectivity index (χ1v) is 5.71. The first-order chi connectivity index (χ1) is 6.66. The lowest BCUT2D eigenvalue weighted by Crippen LogP contribution is -2.39. The van der Waals surface area contributed by atoms with E-state index in [0.29, 0.717) is 5.92 Å². The molecule has 84 valence electrons. The fraction of sp³-hybridized carbons (Fsp3) is 1.00. The third-order valence-electron chi connectivity index (χ3n) is 2.95. The molecule has 14 heavy (non-hydrogen) atoms. The monoisotopic (exact) mass is 200 g/mol. The van der Waals surface area contributed by atoms with E-state index < -0.39 is 0 Å². The Labute approximate surface area is 87.4 Å². The molecule has 0 aromatic carbocycles. The van der Waals surface area contributed by atoms with Crippen LogP contribution in [0.4, 0.5) is 0 Å². The van der Waals surface area contributed by atoms with Crippen LogP contribution in [0.1, 0.15) is 33.1 Å². The Kier molecular flexibility index (Phi) is 4.85. The third kappa shape index (κ3) is 3.95. The Morgan fingerprint density at radius 1 is 1.57 bits per heavy atom. The summed E-state index contributed by atoms with van der Waals surface area (Å²) < 4.78 is 5.70. The Morgan fingerprint density at radius 3 is 2.93 bits per heavy atom. The molecule has 1 rings (SSSR count). The van der Waals surface area contributed by atoms with E-state index in [4.69, 9.17) is 10.5 Å². The Balaban J connectivity index is 2.08. The van der Waals surface area contributed by atoms with Gasteiger partial charge in [-0.2, -0.15) is 0 Å². The van der Waals surface area contributed by atoms with Gasteiger partial charge in [0, 0.05) is 13.2 Å². The smallest absolute Gasteiger partial charge is 0.0779 e. The molecule has 1 heterocycles. The number of rotatable bonds is 6. The van der Waals surface area contributed by atoms with Gasteiger partial charge in [0.2, 0.25) is 0 Å². The van der Waals surface area contributed by atoms with Crippen LogP contribution in [0.5, 0.6) is 0 Å². The maximum absolute atomic E-state index is 5.70. The van der Waals surface area contributed by atoms with E-state index in [9.17, 15) is 0 Å². The van der Waals surface area contributed by atoms with E-state index in [1.165, 1.54) is 12.8 Å². The van der Waals surface area contributed by atoms with Crippen molar-refractivity contribution in [3.63, 3.8) is 0 Å². The van der Waals surface area contributed by atoms with Gasteiger partial charge < -0.3 is 15.8 Å². The maximum atomic E-state index is 5.70. The average molecular weight is 200 g/mol. The van der Waals surface area contributed by atoms with Crippen molar-refractivity contribution in [1.29, 1.82) is 0 Å². The SMILES string of the molecule is CC(CCN)CNCC1(C)CCCO1. The summed E-state index contributed by atoms with van der Waals surface area (Å²) in [6, 6.07) is 0. The lowest BCUT2D eigenvalue weighted by molar-refractivity contribution is 0.0204. The lowest BCUT2D eigenvalue weighted by atomic mass is 10.0. The van der Waals surface area contributed by atoms with E-state index in [1.807, 2.05) is 0 Å². The zero-order valence-electron chi connectivity index (χ0n) is 9.51. The van der Waals surface area contributed by atoms with E-state index in [-0.39, 0.29) is 5.60 Å². The van der Waals surface area contributed by atoms with Gasteiger partial charge >= 0.3 is 0 Å². The molecule has 1 aliphatic rings. The molecular weight excluding hydrogens is 176 g/mol. The number of nitrogens with two attached hydrogens (primary N) is 1. The predicted octanol–water partition coefficient (Wildman–Crippen LogP) is 1.13. The minimum atomic E-state index is 0.0857. The van der Waals surface area contributed by atoms with Crippen molar-refractivity contribution in [2.75, 3.05) is 26.2 Å². The van der Waals surface area contributed by atoms with Crippen molar-refractivity contribution in [2.24, 2.45) is 11.7 Å². The van der Waals surface area contributed by atoms with Crippen LogP contribution in [0.2, 0.25) is 0 Å². The molecule has 0 saturated carbocycles. The van der Waals surface area contributed by atoms with Crippen molar-refractivity contribution >= 4 is 0 Å². The highest BCUT2D eigenvalue weighted by molar-refractivity contribution is 4.82. The topological polar surface area (TPSA) is 47.3 Å². The second-order valence-corrected chi connectivity index (χ2v) is 4.72. The molecule has 2 atom stereocenters. The van der Waals surface area contributed by atoms with E-state index in [0.717, 1.165) is 32.7 Å². The quantitative estimate of drug-likeness (QED) is 0.675. The molecule has 1 aliphatic heterocycles. The molecule has 3 heteroatoms. The van der Waals surface area contributed by atoms with Crippen molar-refractivity contribution < 1.29 is 4.74 Å². The van der Waals surface area contributed by atoms with Crippen LogP contribution in [0.15, 0.2) is 0 Å². The summed E-state index contributed by atoms with van der Waals surface area (Å²) in [5.74, 6) is 0.671. The van der Waals surface area contributed by atoms with Crippen LogP contribution in [0, 0.1) is 5.92 Å². The van der Waals surface area contributed by atoms with Crippen LogP contribution in [-0.4, -0.2) is 31.8 Å². The lowest BCUT2D eigenvalue weighted by Gasteiger charge is -2.24. The van der Waals surface area contributed by atoms with Gasteiger partial charge in [-0.15, -0.1) is 0 Å². The molecule has 0 aliphatic carbocycles. The van der Waals surface area contributed by atoms with Crippen LogP contribution in [0.25, 0.3) is 0 Å². The number of hydrogen-bond acceptors (Lipinski definition) is 3. The highest BCUT2D eigenvalue weighted by Crippen LogP contribution is 2.23. The van der Waals surface area contributed by atoms with Gasteiger partial charge in [0.05, 0.1) is 5.60 Å². The van der Waals surface area contributed by atoms with Crippen LogP contribution >= 0.6 is 0 Å². The molecule has 0 radical (unpaired) electrons. The highest BCUT2D eigenvalue weighted by Gasteiger charge is 2.28. The van der Waals surface area contributed by atoms with Gasteiger partial charge in [-0.25, -0.2) is 0 Å². The van der Waals surface area contributed by atoms with Crippen molar-refractivity contribution in [1.82, 2.24) is 5.32 Å². The summed E-state index contributed by atoms with van der Waals surface area (Å²) >= 11 is 0. The van der Waals surface area contributed by atoms with Gasteiger partial charge in [0.25, 0.3) is 0 Å². The van der Waals surface area contributed by atoms with Crippen LogP contribution in [-0.2, 0) is 4.74 Å². The third-order valence-corrected chi connectivity index (χ3v) is 2.95. The number of hydrogen-bond donors (Lipinski definition) is 2. The van der Waals surface area contributed by atoms with Crippen molar-refractivity contribution in [3.8, 4) is 0 Å². The average Bonchev–Trinajstić information content (AvgIpc) is 2.53. The fourth-order valence-corrected chi connectivity index (χ4v) is 1.95. The minimum Gasteiger partial charge on any atom is -0.374 e. The van der Waals surface area contributed by atoms with Crippen LogP contribution < -0.4 is 11.1 Å². The standard InChI is InChI=1S/C11H24N2O/c1-10(4-6-12)8-13-9-11(2)5-3-7-14-11/h10,13H,3-9,12H2,1-2H3. The summed E-state index contributed by atoms with van der Waals surface area (Å²) in [4.78, 5) is 0. The molecule has 0 aromatic rings. The van der Waals surface area contributed by atoms with E-state index >= 15 is 0 Å². The summed E-state index contributed by atoms with van der Waals surface area (Å²) in [5, 5.41) is 3.47. The largest absolute Gasteiger partial charge is 0.374 e. The van der Waals surface area contributed by atoms with Crippen molar-refractivity contribution in [3.05, 3.63) is 0 Å². The van der Waals surface area contributed by atoms with Crippen molar-refractivity contribution in [2.45, 2.75) is 38.7 Å². The molecule has 0 bridgehead atoms. The van der Waals surface area contributed by atoms with Gasteiger partial charge in [0.15, 0.2) is 0 Å². The highest BCUT2D eigenvalue weighted by atomic mass is 16.5. The summed E-state index contributed by atoms with van der Waals surface area (Å²) in [7, 11) is 0. The summed E-state index contributed by atoms with van der Waals surface area (Å²) in [6.45, 7) is 8.17. The number of nitrogens with one attached hydrogen (secondary N) is 1. The minimum absolute atomic E-state index is 0.0857. The zero-order chi connectivity index (χ0) is 10.4. The van der Waals surface area contributed by atoms with E-state index in [1.54, 1.807) is 0 Å². The van der Waals surface area contributed by atoms with Gasteiger partial charge in [-0.1, -0.05) is 6.92 Å². The summed E-state index contributed by atoms with van der Waals surface area (Å²) in [5.41, 5.74) is 5.58. The first kappa shape index (κ1) is 12.0. The molecular formula is C11H24N2O. The molecule has 0 aromatic heterocycles.